The number of benzene rings is 2. The Morgan fingerprint density at radius 2 is 1.50 bits per heavy atom. The first-order chi connectivity index (χ1) is 9.47. The van der Waals surface area contributed by atoms with Gasteiger partial charge in [-0.05, 0) is 42.5 Å². The number of primary amides is 1. The highest BCUT2D eigenvalue weighted by Crippen LogP contribution is 2.25. The summed E-state index contributed by atoms with van der Waals surface area (Å²) in [5, 5.41) is 3.44. The van der Waals surface area contributed by atoms with Gasteiger partial charge in [-0.25, -0.2) is 0 Å². The molecule has 0 aromatic heterocycles. The Bertz CT molecular complexity index is 669. The lowest BCUT2D eigenvalue weighted by molar-refractivity contribution is 0.0995. The Balaban J connectivity index is 2.15. The first kappa shape index (κ1) is 14.4. The molecule has 2 amide bonds. The molecule has 0 radical (unpaired) electrons. The number of carbonyl (C=O) groups excluding carboxylic acids is 2. The van der Waals surface area contributed by atoms with Crippen LogP contribution in [0, 0.1) is 0 Å². The zero-order chi connectivity index (χ0) is 14.7. The molecule has 0 heterocycles. The minimum absolute atomic E-state index is 0.320. The summed E-state index contributed by atoms with van der Waals surface area (Å²) in [7, 11) is 0. The molecule has 0 aliphatic carbocycles. The van der Waals surface area contributed by atoms with Gasteiger partial charge in [0.2, 0.25) is 5.91 Å². The van der Waals surface area contributed by atoms with Crippen LogP contribution in [0.15, 0.2) is 42.5 Å². The van der Waals surface area contributed by atoms with Crippen molar-refractivity contribution in [2.24, 2.45) is 5.73 Å². The van der Waals surface area contributed by atoms with E-state index in [9.17, 15) is 9.59 Å². The first-order valence-corrected chi connectivity index (χ1v) is 6.39. The molecule has 2 rings (SSSR count). The predicted molar refractivity (Wildman–Crippen MR) is 79.4 cm³/mol. The number of nitrogens with one attached hydrogen (secondary N) is 1. The van der Waals surface area contributed by atoms with Crippen molar-refractivity contribution in [3.05, 3.63) is 63.6 Å². The summed E-state index contributed by atoms with van der Waals surface area (Å²) in [5.41, 5.74) is 6.41. The molecule has 0 aliphatic heterocycles. The van der Waals surface area contributed by atoms with Gasteiger partial charge in [0, 0.05) is 16.8 Å². The van der Waals surface area contributed by atoms with Crippen LogP contribution in [0.1, 0.15) is 20.7 Å². The number of rotatable bonds is 3. The zero-order valence-electron chi connectivity index (χ0n) is 10.2. The van der Waals surface area contributed by atoms with E-state index in [4.69, 9.17) is 28.9 Å². The Morgan fingerprint density at radius 3 is 2.05 bits per heavy atom. The maximum atomic E-state index is 12.0. The molecule has 0 bridgehead atoms. The number of anilines is 1. The summed E-state index contributed by atoms with van der Waals surface area (Å²) in [6.45, 7) is 0. The van der Waals surface area contributed by atoms with E-state index < -0.39 is 5.91 Å². The third-order valence-corrected chi connectivity index (χ3v) is 3.35. The summed E-state index contributed by atoms with van der Waals surface area (Å²) < 4.78 is 0. The van der Waals surface area contributed by atoms with Crippen molar-refractivity contribution >= 4 is 40.7 Å². The molecule has 4 nitrogen and oxygen atoms in total. The van der Waals surface area contributed by atoms with E-state index in [1.807, 2.05) is 0 Å². The van der Waals surface area contributed by atoms with Crippen LogP contribution < -0.4 is 11.1 Å². The zero-order valence-corrected chi connectivity index (χ0v) is 11.7. The molecule has 2 aromatic carbocycles. The van der Waals surface area contributed by atoms with Gasteiger partial charge in [0.1, 0.15) is 0 Å². The first-order valence-electron chi connectivity index (χ1n) is 5.63. The lowest BCUT2D eigenvalue weighted by Gasteiger charge is -2.06. The quantitative estimate of drug-likeness (QED) is 0.912. The van der Waals surface area contributed by atoms with Gasteiger partial charge in [-0.3, -0.25) is 9.59 Å². The van der Waals surface area contributed by atoms with E-state index in [1.165, 1.54) is 24.3 Å². The summed E-state index contributed by atoms with van der Waals surface area (Å²) in [6, 6.07) is 10.8. The van der Waals surface area contributed by atoms with Crippen molar-refractivity contribution in [2.75, 3.05) is 5.32 Å². The monoisotopic (exact) mass is 308 g/mol. The van der Waals surface area contributed by atoms with Gasteiger partial charge in [0.15, 0.2) is 0 Å². The Hall–Kier alpha value is -2.04. The topological polar surface area (TPSA) is 72.2 Å². The number of halogens is 2. The van der Waals surface area contributed by atoms with Crippen molar-refractivity contribution in [1.29, 1.82) is 0 Å². The molecule has 0 fully saturated rings. The molecule has 2 aromatic rings. The number of nitrogens with two attached hydrogens (primary N) is 1. The van der Waals surface area contributed by atoms with Gasteiger partial charge < -0.3 is 11.1 Å². The fraction of sp³-hybridized carbons (Fsp3) is 0. The smallest absolute Gasteiger partial charge is 0.255 e. The third kappa shape index (κ3) is 3.29. The van der Waals surface area contributed by atoms with Gasteiger partial charge >= 0.3 is 0 Å². The number of hydrogen-bond acceptors (Lipinski definition) is 2. The van der Waals surface area contributed by atoms with Crippen LogP contribution in [0.4, 0.5) is 5.69 Å². The fourth-order valence-corrected chi connectivity index (χ4v) is 1.86. The lowest BCUT2D eigenvalue weighted by atomic mass is 10.1. The van der Waals surface area contributed by atoms with Crippen molar-refractivity contribution in [3.8, 4) is 0 Å². The van der Waals surface area contributed by atoms with Crippen LogP contribution in [-0.2, 0) is 0 Å². The van der Waals surface area contributed by atoms with E-state index >= 15 is 0 Å². The molecule has 6 heteroatoms. The largest absolute Gasteiger partial charge is 0.366 e. The highest BCUT2D eigenvalue weighted by molar-refractivity contribution is 6.42. The van der Waals surface area contributed by atoms with Crippen LogP contribution in [0.2, 0.25) is 10.0 Å². The molecule has 0 unspecified atom stereocenters. The van der Waals surface area contributed by atoms with Crippen LogP contribution in [0.5, 0.6) is 0 Å². The van der Waals surface area contributed by atoms with E-state index in [-0.39, 0.29) is 5.91 Å². The highest BCUT2D eigenvalue weighted by Gasteiger charge is 2.08. The minimum Gasteiger partial charge on any atom is -0.366 e. The molecule has 0 saturated heterocycles. The second-order valence-electron chi connectivity index (χ2n) is 4.02. The summed E-state index contributed by atoms with van der Waals surface area (Å²) in [5.74, 6) is -0.860. The number of amides is 2. The lowest BCUT2D eigenvalue weighted by Crippen LogP contribution is -2.14. The number of carbonyl (C=O) groups is 2. The van der Waals surface area contributed by atoms with Crippen LogP contribution in [0.25, 0.3) is 0 Å². The van der Waals surface area contributed by atoms with Gasteiger partial charge in [-0.2, -0.15) is 0 Å². The minimum atomic E-state index is -0.540. The van der Waals surface area contributed by atoms with E-state index in [0.29, 0.717) is 26.9 Å². The maximum absolute atomic E-state index is 12.0. The molecular weight excluding hydrogens is 299 g/mol. The maximum Gasteiger partial charge on any atom is 0.255 e. The normalized spacial score (nSPS) is 10.1. The molecule has 0 aliphatic rings. The second-order valence-corrected chi connectivity index (χ2v) is 4.84. The van der Waals surface area contributed by atoms with E-state index in [0.717, 1.165) is 0 Å². The number of hydrogen-bond donors (Lipinski definition) is 2. The average Bonchev–Trinajstić information content (AvgIpc) is 2.43. The molecule has 3 N–H and O–H groups in total. The summed E-state index contributed by atoms with van der Waals surface area (Å²) >= 11 is 11.7. The highest BCUT2D eigenvalue weighted by atomic mass is 35.5. The van der Waals surface area contributed by atoms with Crippen molar-refractivity contribution < 1.29 is 9.59 Å². The van der Waals surface area contributed by atoms with Gasteiger partial charge in [0.05, 0.1) is 10.0 Å². The van der Waals surface area contributed by atoms with Crippen LogP contribution in [-0.4, -0.2) is 11.8 Å². The summed E-state index contributed by atoms with van der Waals surface area (Å²) in [6.07, 6.45) is 0. The molecular formula is C14H10Cl2N2O2. The van der Waals surface area contributed by atoms with Crippen molar-refractivity contribution in [2.45, 2.75) is 0 Å². The summed E-state index contributed by atoms with van der Waals surface area (Å²) in [4.78, 5) is 22.9. The Morgan fingerprint density at radius 1 is 0.900 bits per heavy atom. The SMILES string of the molecule is NC(=O)c1ccc(C(=O)Nc2ccc(Cl)c(Cl)c2)cc1. The van der Waals surface area contributed by atoms with Gasteiger partial charge in [-0.1, -0.05) is 23.2 Å². The fourth-order valence-electron chi connectivity index (χ4n) is 1.56. The molecule has 0 spiro atoms. The Kier molecular flexibility index (Phi) is 4.27. The van der Waals surface area contributed by atoms with Crippen molar-refractivity contribution in [1.82, 2.24) is 0 Å². The molecule has 0 saturated carbocycles. The Labute approximate surface area is 125 Å². The predicted octanol–water partition coefficient (Wildman–Crippen LogP) is 3.34. The molecule has 0 atom stereocenters. The average molecular weight is 309 g/mol. The molecule has 102 valence electrons. The van der Waals surface area contributed by atoms with Gasteiger partial charge in [0.25, 0.3) is 5.91 Å². The second kappa shape index (κ2) is 5.94. The van der Waals surface area contributed by atoms with E-state index in [2.05, 4.69) is 5.32 Å². The van der Waals surface area contributed by atoms with Crippen LogP contribution in [0.3, 0.4) is 0 Å². The van der Waals surface area contributed by atoms with Gasteiger partial charge in [-0.15, -0.1) is 0 Å². The van der Waals surface area contributed by atoms with E-state index in [1.54, 1.807) is 18.2 Å². The van der Waals surface area contributed by atoms with Crippen molar-refractivity contribution in [3.63, 3.8) is 0 Å². The van der Waals surface area contributed by atoms with Crippen LogP contribution >= 0.6 is 23.2 Å². The standard InChI is InChI=1S/C14H10Cl2N2O2/c15-11-6-5-10(7-12(11)16)18-14(20)9-3-1-8(2-4-9)13(17)19/h1-7H,(H2,17,19)(H,18,20). The third-order valence-electron chi connectivity index (χ3n) is 2.61. The molecule has 20 heavy (non-hydrogen) atoms.